The molecule has 2 aromatic carbocycles. The minimum Gasteiger partial charge on any atom is -0.465 e. The molecule has 0 spiro atoms. The van der Waals surface area contributed by atoms with Crippen molar-refractivity contribution in [3.8, 4) is 0 Å². The molecule has 3 aromatic rings. The average molecular weight is 415 g/mol. The zero-order chi connectivity index (χ0) is 21.1. The monoisotopic (exact) mass is 415 g/mol. The van der Waals surface area contributed by atoms with Crippen molar-refractivity contribution in [2.24, 2.45) is 0 Å². The number of benzene rings is 2. The molecule has 0 aliphatic rings. The number of esters is 1. The molecule has 2 amide bonds. The summed E-state index contributed by atoms with van der Waals surface area (Å²) in [6.45, 7) is 1.58. The number of nitrogens with zero attached hydrogens (tertiary/aromatic N) is 1. The Morgan fingerprint density at radius 1 is 0.897 bits per heavy atom. The van der Waals surface area contributed by atoms with Gasteiger partial charge in [0.1, 0.15) is 16.5 Å². The molecular formula is C21H15F2NO4S. The first-order chi connectivity index (χ1) is 13.9. The highest BCUT2D eigenvalue weighted by Gasteiger charge is 2.34. The molecule has 0 radical (unpaired) electrons. The standard InChI is InChI=1S/C21H15F2NO4S/c1-12-11-29-18(21(27)28-2)17(12)24(19(25)13-7-3-5-9-15(13)22)20(26)14-8-4-6-10-16(14)23/h3-11H,1-2H3. The Balaban J connectivity index is 2.24. The summed E-state index contributed by atoms with van der Waals surface area (Å²) in [7, 11) is 1.16. The summed E-state index contributed by atoms with van der Waals surface area (Å²) in [4.78, 5) is 39.2. The maximum absolute atomic E-state index is 14.3. The predicted octanol–water partition coefficient (Wildman–Crippen LogP) is 4.61. The zero-order valence-electron chi connectivity index (χ0n) is 15.4. The van der Waals surface area contributed by atoms with Crippen LogP contribution in [0.3, 0.4) is 0 Å². The average Bonchev–Trinajstić information content (AvgIpc) is 3.09. The lowest BCUT2D eigenvalue weighted by atomic mass is 10.1. The third-order valence-corrected chi connectivity index (χ3v) is 5.22. The third-order valence-electron chi connectivity index (χ3n) is 4.15. The van der Waals surface area contributed by atoms with Crippen LogP contribution in [0.4, 0.5) is 14.5 Å². The van der Waals surface area contributed by atoms with Crippen LogP contribution >= 0.6 is 11.3 Å². The fourth-order valence-electron chi connectivity index (χ4n) is 2.76. The molecule has 0 saturated carbocycles. The minimum absolute atomic E-state index is 0.0284. The number of imide groups is 1. The number of anilines is 1. The minimum atomic E-state index is -1.02. The van der Waals surface area contributed by atoms with E-state index in [1.54, 1.807) is 12.3 Å². The lowest BCUT2D eigenvalue weighted by molar-refractivity contribution is 0.0607. The number of thiophene rings is 1. The van der Waals surface area contributed by atoms with Gasteiger partial charge in [0.15, 0.2) is 0 Å². The van der Waals surface area contributed by atoms with Gasteiger partial charge in [0.2, 0.25) is 0 Å². The third kappa shape index (κ3) is 3.79. The number of methoxy groups -OCH3 is 1. The molecule has 0 unspecified atom stereocenters. The number of amides is 2. The van der Waals surface area contributed by atoms with Gasteiger partial charge >= 0.3 is 5.97 Å². The Kier molecular flexibility index (Phi) is 5.84. The van der Waals surface area contributed by atoms with E-state index < -0.39 is 40.5 Å². The van der Waals surface area contributed by atoms with Crippen molar-refractivity contribution in [3.63, 3.8) is 0 Å². The number of carbonyl (C=O) groups is 3. The zero-order valence-corrected chi connectivity index (χ0v) is 16.3. The van der Waals surface area contributed by atoms with Gasteiger partial charge in [0, 0.05) is 0 Å². The maximum Gasteiger partial charge on any atom is 0.350 e. The Morgan fingerprint density at radius 2 is 1.38 bits per heavy atom. The van der Waals surface area contributed by atoms with Crippen LogP contribution < -0.4 is 4.90 Å². The lowest BCUT2D eigenvalue weighted by Crippen LogP contribution is -2.39. The van der Waals surface area contributed by atoms with Crippen molar-refractivity contribution in [1.29, 1.82) is 0 Å². The fourth-order valence-corrected chi connectivity index (χ4v) is 3.71. The molecular weight excluding hydrogens is 400 g/mol. The van der Waals surface area contributed by atoms with E-state index in [1.165, 1.54) is 36.4 Å². The van der Waals surface area contributed by atoms with Crippen molar-refractivity contribution in [2.75, 3.05) is 12.0 Å². The molecule has 8 heteroatoms. The summed E-state index contributed by atoms with van der Waals surface area (Å²) in [6, 6.07) is 10.2. The number of hydrogen-bond acceptors (Lipinski definition) is 5. The molecule has 0 saturated heterocycles. The van der Waals surface area contributed by atoms with E-state index in [0.717, 1.165) is 30.6 Å². The second-order valence-electron chi connectivity index (χ2n) is 5.99. The summed E-state index contributed by atoms with van der Waals surface area (Å²) < 4.78 is 33.3. The first-order valence-corrected chi connectivity index (χ1v) is 9.29. The summed E-state index contributed by atoms with van der Waals surface area (Å²) in [5.41, 5.74) is -0.439. The van der Waals surface area contributed by atoms with E-state index in [9.17, 15) is 23.2 Å². The second kappa shape index (κ2) is 8.32. The van der Waals surface area contributed by atoms with E-state index in [-0.39, 0.29) is 10.6 Å². The van der Waals surface area contributed by atoms with Crippen molar-refractivity contribution in [3.05, 3.63) is 87.1 Å². The van der Waals surface area contributed by atoms with Gasteiger partial charge in [-0.2, -0.15) is 0 Å². The first-order valence-electron chi connectivity index (χ1n) is 8.41. The van der Waals surface area contributed by atoms with Crippen LogP contribution in [0, 0.1) is 18.6 Å². The summed E-state index contributed by atoms with van der Waals surface area (Å²) in [5, 5.41) is 1.55. The van der Waals surface area contributed by atoms with Crippen molar-refractivity contribution < 1.29 is 27.9 Å². The van der Waals surface area contributed by atoms with E-state index in [2.05, 4.69) is 0 Å². The predicted molar refractivity (Wildman–Crippen MR) is 104 cm³/mol. The topological polar surface area (TPSA) is 63.7 Å². The fraction of sp³-hybridized carbons (Fsp3) is 0.0952. The smallest absolute Gasteiger partial charge is 0.350 e. The van der Waals surface area contributed by atoms with Gasteiger partial charge in [-0.3, -0.25) is 9.59 Å². The summed E-state index contributed by atoms with van der Waals surface area (Å²) >= 11 is 0.963. The number of hydrogen-bond donors (Lipinski definition) is 0. The van der Waals surface area contributed by atoms with Gasteiger partial charge in [0.05, 0.1) is 23.9 Å². The largest absolute Gasteiger partial charge is 0.465 e. The van der Waals surface area contributed by atoms with Gasteiger partial charge in [-0.25, -0.2) is 18.5 Å². The van der Waals surface area contributed by atoms with Gasteiger partial charge < -0.3 is 4.74 Å². The molecule has 0 atom stereocenters. The molecule has 0 bridgehead atoms. The number of halogens is 2. The molecule has 3 rings (SSSR count). The highest BCUT2D eigenvalue weighted by Crippen LogP contribution is 2.34. The highest BCUT2D eigenvalue weighted by molar-refractivity contribution is 7.12. The summed E-state index contributed by atoms with van der Waals surface area (Å²) in [6.07, 6.45) is 0. The maximum atomic E-state index is 14.3. The van der Waals surface area contributed by atoms with E-state index in [4.69, 9.17) is 4.74 Å². The van der Waals surface area contributed by atoms with Crippen LogP contribution in [0.5, 0.6) is 0 Å². The molecule has 0 aliphatic carbocycles. The number of carbonyl (C=O) groups excluding carboxylic acids is 3. The van der Waals surface area contributed by atoms with E-state index in [1.807, 2.05) is 0 Å². The van der Waals surface area contributed by atoms with Crippen LogP contribution in [0.25, 0.3) is 0 Å². The van der Waals surface area contributed by atoms with Gasteiger partial charge in [-0.05, 0) is 42.1 Å². The van der Waals surface area contributed by atoms with Crippen LogP contribution in [0.15, 0.2) is 53.9 Å². The van der Waals surface area contributed by atoms with Gasteiger partial charge in [-0.1, -0.05) is 24.3 Å². The molecule has 148 valence electrons. The molecule has 0 fully saturated rings. The van der Waals surface area contributed by atoms with Crippen LogP contribution in [0.2, 0.25) is 0 Å². The SMILES string of the molecule is COC(=O)c1scc(C)c1N(C(=O)c1ccccc1F)C(=O)c1ccccc1F. The van der Waals surface area contributed by atoms with Crippen molar-refractivity contribution in [2.45, 2.75) is 6.92 Å². The van der Waals surface area contributed by atoms with Crippen LogP contribution in [0.1, 0.15) is 36.0 Å². The Hall–Kier alpha value is -3.39. The molecule has 0 N–H and O–H groups in total. The number of ether oxygens (including phenoxy) is 1. The Morgan fingerprint density at radius 3 is 1.83 bits per heavy atom. The second-order valence-corrected chi connectivity index (χ2v) is 6.87. The summed E-state index contributed by atoms with van der Waals surface area (Å²) in [5.74, 6) is -4.52. The van der Waals surface area contributed by atoms with E-state index in [0.29, 0.717) is 10.5 Å². The van der Waals surface area contributed by atoms with Crippen molar-refractivity contribution in [1.82, 2.24) is 0 Å². The Labute approximate surface area is 169 Å². The molecule has 0 aliphatic heterocycles. The lowest BCUT2D eigenvalue weighted by Gasteiger charge is -2.23. The molecule has 1 aromatic heterocycles. The molecule has 5 nitrogen and oxygen atoms in total. The molecule has 29 heavy (non-hydrogen) atoms. The first kappa shape index (κ1) is 20.3. The normalized spacial score (nSPS) is 10.5. The van der Waals surface area contributed by atoms with Crippen LogP contribution in [-0.4, -0.2) is 24.9 Å². The van der Waals surface area contributed by atoms with Crippen LogP contribution in [-0.2, 0) is 4.74 Å². The number of aryl methyl sites for hydroxylation is 1. The molecule has 1 heterocycles. The van der Waals surface area contributed by atoms with Gasteiger partial charge in [-0.15, -0.1) is 11.3 Å². The van der Waals surface area contributed by atoms with Crippen molar-refractivity contribution >= 4 is 34.8 Å². The van der Waals surface area contributed by atoms with E-state index >= 15 is 0 Å². The Bertz CT molecular complexity index is 1050. The number of rotatable bonds is 4. The quantitative estimate of drug-likeness (QED) is 0.461. The van der Waals surface area contributed by atoms with Gasteiger partial charge in [0.25, 0.3) is 11.8 Å². The highest BCUT2D eigenvalue weighted by atomic mass is 32.1.